The number of nitrogens with zero attached hydrogens (tertiary/aromatic N) is 4. The van der Waals surface area contributed by atoms with E-state index in [4.69, 9.17) is 0 Å². The molecule has 0 radical (unpaired) electrons. The molecule has 4 rings (SSSR count). The zero-order chi connectivity index (χ0) is 19.6. The summed E-state index contributed by atoms with van der Waals surface area (Å²) in [7, 11) is 2.07. The van der Waals surface area contributed by atoms with Gasteiger partial charge in [-0.3, -0.25) is 19.6 Å². The number of carbonyl (C=O) groups is 2. The Balaban J connectivity index is 1.55. The lowest BCUT2D eigenvalue weighted by Gasteiger charge is -2.34. The van der Waals surface area contributed by atoms with Gasteiger partial charge in [-0.15, -0.1) is 0 Å². The molecule has 2 saturated heterocycles. The Bertz CT molecular complexity index is 844. The summed E-state index contributed by atoms with van der Waals surface area (Å²) in [6, 6.07) is 7.27. The standard InChI is InChI=1S/C21H25N5O2/c1-25-13-7-21(20(28)24-17-3-2-9-23-15-17)8-14-26(12-6-18(21)25)19(27)16-4-10-22-11-5-16/h2-5,9-11,15,18H,6-8,12-14H2,1H3,(H,24,28)/t18-,21-/m1/s1. The molecule has 0 unspecified atom stereocenters. The minimum Gasteiger partial charge on any atom is -0.339 e. The van der Waals surface area contributed by atoms with Crippen LogP contribution in [0.4, 0.5) is 5.69 Å². The SMILES string of the molecule is CN1CC[C@@]2(C(=O)Nc3cccnc3)CCN(C(=O)c3ccncc3)CC[C@@H]12. The Morgan fingerprint density at radius 1 is 1.07 bits per heavy atom. The molecule has 1 N–H and O–H groups in total. The highest BCUT2D eigenvalue weighted by atomic mass is 16.2. The number of anilines is 1. The number of likely N-dealkylation sites (tertiary alicyclic amines) is 2. The van der Waals surface area contributed by atoms with Gasteiger partial charge >= 0.3 is 0 Å². The molecule has 7 nitrogen and oxygen atoms in total. The van der Waals surface area contributed by atoms with Crippen molar-refractivity contribution < 1.29 is 9.59 Å². The van der Waals surface area contributed by atoms with E-state index < -0.39 is 5.41 Å². The van der Waals surface area contributed by atoms with E-state index in [1.165, 1.54) is 0 Å². The predicted octanol–water partition coefficient (Wildman–Crippen LogP) is 2.04. The number of aromatic nitrogens is 2. The van der Waals surface area contributed by atoms with Crippen molar-refractivity contribution in [3.8, 4) is 0 Å². The number of fused-ring (bicyclic) bond motifs is 1. The molecule has 2 aliphatic rings. The molecule has 0 saturated carbocycles. The van der Waals surface area contributed by atoms with Crippen molar-refractivity contribution >= 4 is 17.5 Å². The molecule has 28 heavy (non-hydrogen) atoms. The Morgan fingerprint density at radius 3 is 2.61 bits per heavy atom. The first-order chi connectivity index (χ1) is 13.6. The molecule has 2 atom stereocenters. The molecule has 0 bridgehead atoms. The van der Waals surface area contributed by atoms with E-state index in [-0.39, 0.29) is 17.9 Å². The second-order valence-electron chi connectivity index (χ2n) is 7.67. The molecule has 146 valence electrons. The molecule has 4 heterocycles. The zero-order valence-corrected chi connectivity index (χ0v) is 16.0. The quantitative estimate of drug-likeness (QED) is 0.883. The van der Waals surface area contributed by atoms with Crippen molar-refractivity contribution in [1.82, 2.24) is 19.8 Å². The van der Waals surface area contributed by atoms with E-state index in [1.54, 1.807) is 36.9 Å². The molecule has 0 aliphatic carbocycles. The first kappa shape index (κ1) is 18.6. The number of carbonyl (C=O) groups excluding carboxylic acids is 2. The fourth-order valence-electron chi connectivity index (χ4n) is 4.58. The van der Waals surface area contributed by atoms with Gasteiger partial charge in [-0.1, -0.05) is 0 Å². The fraction of sp³-hybridized carbons (Fsp3) is 0.429. The summed E-state index contributed by atoms with van der Waals surface area (Å²) >= 11 is 0. The number of hydrogen-bond acceptors (Lipinski definition) is 5. The van der Waals surface area contributed by atoms with Crippen LogP contribution in [0.5, 0.6) is 0 Å². The lowest BCUT2D eigenvalue weighted by atomic mass is 9.75. The Morgan fingerprint density at radius 2 is 1.86 bits per heavy atom. The van der Waals surface area contributed by atoms with Crippen LogP contribution in [0, 0.1) is 5.41 Å². The first-order valence-corrected chi connectivity index (χ1v) is 9.71. The summed E-state index contributed by atoms with van der Waals surface area (Å²) in [6.07, 6.45) is 8.87. The molecule has 7 heteroatoms. The van der Waals surface area contributed by atoms with Gasteiger partial charge in [0.2, 0.25) is 5.91 Å². The average molecular weight is 379 g/mol. The van der Waals surface area contributed by atoms with Gasteiger partial charge < -0.3 is 15.1 Å². The van der Waals surface area contributed by atoms with Crippen molar-refractivity contribution in [2.75, 3.05) is 32.0 Å². The van der Waals surface area contributed by atoms with Crippen molar-refractivity contribution in [2.24, 2.45) is 5.41 Å². The van der Waals surface area contributed by atoms with Crippen LogP contribution in [0.3, 0.4) is 0 Å². The van der Waals surface area contributed by atoms with Gasteiger partial charge in [-0.05, 0) is 57.1 Å². The van der Waals surface area contributed by atoms with Gasteiger partial charge in [-0.2, -0.15) is 0 Å². The second-order valence-corrected chi connectivity index (χ2v) is 7.67. The van der Waals surface area contributed by atoms with Crippen LogP contribution in [-0.4, -0.2) is 64.3 Å². The van der Waals surface area contributed by atoms with Gasteiger partial charge in [0.1, 0.15) is 0 Å². The van der Waals surface area contributed by atoms with E-state index in [9.17, 15) is 9.59 Å². The Hall–Kier alpha value is -2.80. The molecule has 2 amide bonds. The van der Waals surface area contributed by atoms with Crippen molar-refractivity contribution in [1.29, 1.82) is 0 Å². The summed E-state index contributed by atoms with van der Waals surface area (Å²) in [5.41, 5.74) is 0.867. The van der Waals surface area contributed by atoms with Crippen molar-refractivity contribution in [3.05, 3.63) is 54.6 Å². The van der Waals surface area contributed by atoms with Gasteiger partial charge in [0, 0.05) is 43.3 Å². The smallest absolute Gasteiger partial charge is 0.253 e. The number of hydrogen-bond donors (Lipinski definition) is 1. The van der Waals surface area contributed by atoms with Crippen LogP contribution < -0.4 is 5.32 Å². The van der Waals surface area contributed by atoms with Crippen LogP contribution in [0.2, 0.25) is 0 Å². The minimum atomic E-state index is -0.488. The van der Waals surface area contributed by atoms with Crippen LogP contribution >= 0.6 is 0 Å². The van der Waals surface area contributed by atoms with E-state index in [2.05, 4.69) is 27.2 Å². The number of rotatable bonds is 3. The molecule has 0 spiro atoms. The van der Waals surface area contributed by atoms with Crippen LogP contribution in [0.1, 0.15) is 29.6 Å². The molecule has 2 aromatic heterocycles. The van der Waals surface area contributed by atoms with Crippen molar-refractivity contribution in [2.45, 2.75) is 25.3 Å². The van der Waals surface area contributed by atoms with Gasteiger partial charge in [0.15, 0.2) is 0 Å². The average Bonchev–Trinajstić information content (AvgIpc) is 2.93. The maximum atomic E-state index is 13.3. The Kier molecular flexibility index (Phi) is 5.09. The lowest BCUT2D eigenvalue weighted by molar-refractivity contribution is -0.127. The molecule has 2 fully saturated rings. The second kappa shape index (κ2) is 7.67. The van der Waals surface area contributed by atoms with Gasteiger partial charge in [-0.25, -0.2) is 0 Å². The number of amides is 2. The van der Waals surface area contributed by atoms with Gasteiger partial charge in [0.25, 0.3) is 5.91 Å². The largest absolute Gasteiger partial charge is 0.339 e. The maximum absolute atomic E-state index is 13.3. The van der Waals surface area contributed by atoms with E-state index >= 15 is 0 Å². The van der Waals surface area contributed by atoms with Crippen molar-refractivity contribution in [3.63, 3.8) is 0 Å². The lowest BCUT2D eigenvalue weighted by Crippen LogP contribution is -2.46. The van der Waals surface area contributed by atoms with E-state index in [0.29, 0.717) is 30.8 Å². The third kappa shape index (κ3) is 3.38. The normalized spacial score (nSPS) is 25.0. The molecular formula is C21H25N5O2. The number of pyridine rings is 2. The molecule has 0 aromatic carbocycles. The third-order valence-electron chi connectivity index (χ3n) is 6.17. The highest BCUT2D eigenvalue weighted by Gasteiger charge is 2.52. The zero-order valence-electron chi connectivity index (χ0n) is 16.0. The first-order valence-electron chi connectivity index (χ1n) is 9.71. The monoisotopic (exact) mass is 379 g/mol. The Labute approximate surface area is 164 Å². The third-order valence-corrected chi connectivity index (χ3v) is 6.17. The van der Waals surface area contributed by atoms with Crippen LogP contribution in [0.25, 0.3) is 0 Å². The highest BCUT2D eigenvalue weighted by Crippen LogP contribution is 2.44. The summed E-state index contributed by atoms with van der Waals surface area (Å²) in [5, 5.41) is 3.06. The molecule has 2 aromatic rings. The predicted molar refractivity (Wildman–Crippen MR) is 106 cm³/mol. The molecular weight excluding hydrogens is 354 g/mol. The van der Waals surface area contributed by atoms with E-state index in [1.807, 2.05) is 17.0 Å². The van der Waals surface area contributed by atoms with Gasteiger partial charge in [0.05, 0.1) is 17.3 Å². The summed E-state index contributed by atoms with van der Waals surface area (Å²) in [6.45, 7) is 2.12. The highest BCUT2D eigenvalue weighted by molar-refractivity contribution is 5.97. The summed E-state index contributed by atoms with van der Waals surface area (Å²) < 4.78 is 0. The minimum absolute atomic E-state index is 0.00726. The fourth-order valence-corrected chi connectivity index (χ4v) is 4.58. The number of nitrogens with one attached hydrogen (secondary N) is 1. The van der Waals surface area contributed by atoms with Crippen LogP contribution in [0.15, 0.2) is 49.1 Å². The summed E-state index contributed by atoms with van der Waals surface area (Å²) in [5.74, 6) is 0.0425. The summed E-state index contributed by atoms with van der Waals surface area (Å²) in [4.78, 5) is 38.4. The molecule has 2 aliphatic heterocycles. The van der Waals surface area contributed by atoms with Crippen LogP contribution in [-0.2, 0) is 4.79 Å². The topological polar surface area (TPSA) is 78.4 Å². The van der Waals surface area contributed by atoms with E-state index in [0.717, 1.165) is 19.4 Å². The maximum Gasteiger partial charge on any atom is 0.253 e.